The quantitative estimate of drug-likeness (QED) is 0.230. The molecular weight excluding hydrogens is 612 g/mol. The van der Waals surface area contributed by atoms with E-state index in [-0.39, 0.29) is 48.6 Å². The third-order valence-corrected chi connectivity index (χ3v) is 12.7. The van der Waals surface area contributed by atoms with Crippen LogP contribution < -0.4 is 0 Å². The predicted molar refractivity (Wildman–Crippen MR) is 169 cm³/mol. The normalized spacial score (nSPS) is 50.9. The van der Waals surface area contributed by atoms with Crippen molar-refractivity contribution in [1.29, 1.82) is 0 Å². The minimum atomic E-state index is -1.58. The minimum absolute atomic E-state index is 0.160. The maximum atomic E-state index is 11.6. The highest BCUT2D eigenvalue weighted by Gasteiger charge is 2.62. The van der Waals surface area contributed by atoms with Crippen molar-refractivity contribution in [3.63, 3.8) is 0 Å². The Hall–Kier alpha value is -0.930. The molecule has 0 bridgehead atoms. The molecule has 0 saturated carbocycles. The van der Waals surface area contributed by atoms with Gasteiger partial charge >= 0.3 is 5.97 Å². The van der Waals surface area contributed by atoms with Crippen LogP contribution in [0.2, 0.25) is 0 Å². The van der Waals surface area contributed by atoms with Crippen molar-refractivity contribution < 1.29 is 58.7 Å². The molecule has 12 nitrogen and oxygen atoms in total. The van der Waals surface area contributed by atoms with E-state index < -0.39 is 71.6 Å². The number of carboxylic acids is 1. The molecule has 5 rings (SSSR count). The van der Waals surface area contributed by atoms with E-state index in [2.05, 4.69) is 20.8 Å². The van der Waals surface area contributed by atoms with Crippen LogP contribution in [0.3, 0.4) is 0 Å². The molecule has 0 unspecified atom stereocenters. The molecule has 12 heteroatoms. The smallest absolute Gasteiger partial charge is 0.308 e. The van der Waals surface area contributed by atoms with E-state index in [1.54, 1.807) is 6.92 Å². The molecule has 0 aliphatic carbocycles. The second kappa shape index (κ2) is 13.7. The predicted octanol–water partition coefficient (Wildman–Crippen LogP) is 3.00. The first kappa shape index (κ1) is 37.3. The Morgan fingerprint density at radius 1 is 1.04 bits per heavy atom. The number of carboxylic acid groups (broad SMARTS) is 1. The van der Waals surface area contributed by atoms with Gasteiger partial charge in [0.15, 0.2) is 11.6 Å². The van der Waals surface area contributed by atoms with Gasteiger partial charge in [0, 0.05) is 31.8 Å². The van der Waals surface area contributed by atoms with Gasteiger partial charge in [0.25, 0.3) is 0 Å². The van der Waals surface area contributed by atoms with E-state index in [1.807, 2.05) is 13.8 Å². The van der Waals surface area contributed by atoms with Gasteiger partial charge in [0.05, 0.1) is 66.5 Å². The first-order valence-corrected chi connectivity index (χ1v) is 17.8. The van der Waals surface area contributed by atoms with Crippen LogP contribution in [0.25, 0.3) is 0 Å². The number of rotatable bonds is 10. The highest BCUT2D eigenvalue weighted by Crippen LogP contribution is 2.54. The second-order valence-electron chi connectivity index (χ2n) is 15.9. The molecule has 0 aromatic rings. The average Bonchev–Trinajstić information content (AvgIpc) is 3.74. The molecule has 17 atom stereocenters. The first-order chi connectivity index (χ1) is 22.0. The van der Waals surface area contributed by atoms with E-state index in [4.69, 9.17) is 28.4 Å². The van der Waals surface area contributed by atoms with Crippen LogP contribution in [0.15, 0.2) is 0 Å². The molecule has 5 fully saturated rings. The Kier molecular flexibility index (Phi) is 10.8. The number of aliphatic hydroxyl groups excluding tert-OH is 3. The number of hydrogen-bond donors (Lipinski definition) is 5. The summed E-state index contributed by atoms with van der Waals surface area (Å²) in [6.45, 7) is 13.1. The fraction of sp³-hybridized carbons (Fsp3) is 0.971. The number of methoxy groups -OCH3 is 1. The van der Waals surface area contributed by atoms with Gasteiger partial charge in [-0.2, -0.15) is 0 Å². The van der Waals surface area contributed by atoms with E-state index in [9.17, 15) is 30.3 Å². The van der Waals surface area contributed by atoms with Crippen molar-refractivity contribution in [2.45, 2.75) is 171 Å². The molecule has 1 spiro atoms. The van der Waals surface area contributed by atoms with Crippen LogP contribution >= 0.6 is 0 Å². The summed E-state index contributed by atoms with van der Waals surface area (Å²) in [7, 11) is 1.48. The summed E-state index contributed by atoms with van der Waals surface area (Å²) in [4.78, 5) is 11.6. The molecule has 0 amide bonds. The van der Waals surface area contributed by atoms with Crippen LogP contribution in [0.4, 0.5) is 0 Å². The zero-order valence-corrected chi connectivity index (χ0v) is 29.5. The summed E-state index contributed by atoms with van der Waals surface area (Å²) >= 11 is 0. The molecule has 5 aliphatic heterocycles. The Bertz CT molecular complexity index is 1110. The molecule has 47 heavy (non-hydrogen) atoms. The van der Waals surface area contributed by atoms with Gasteiger partial charge in [-0.05, 0) is 64.2 Å². The molecule has 5 saturated heterocycles. The lowest BCUT2D eigenvalue weighted by molar-refractivity contribution is -0.345. The number of aliphatic hydroxyl groups is 4. The van der Waals surface area contributed by atoms with Gasteiger partial charge in [0.1, 0.15) is 6.10 Å². The van der Waals surface area contributed by atoms with Gasteiger partial charge in [-0.1, -0.05) is 34.6 Å². The lowest BCUT2D eigenvalue weighted by Gasteiger charge is -2.48. The average molecular weight is 673 g/mol. The molecule has 5 heterocycles. The SMILES string of the molecule is CC[C@]1([C@H]2O[C@H]([C@@H]3O[C@](O)(CO)[C@@H](C)C[C@H]3C)C[C@H]2C)CC[C@@H]([C@@]2(C)CC[C@@]3(C[C@@H](O)[C@H](OC)[C@H]([C@H](C)[C@H](O)[C@H](C)C(=O)O)O3)O2)O1. The van der Waals surface area contributed by atoms with Gasteiger partial charge in [-0.25, -0.2) is 0 Å². The minimum Gasteiger partial charge on any atom is -0.481 e. The zero-order valence-electron chi connectivity index (χ0n) is 29.5. The van der Waals surface area contributed by atoms with Crippen LogP contribution in [0.1, 0.15) is 99.8 Å². The monoisotopic (exact) mass is 672 g/mol. The fourth-order valence-electron chi connectivity index (χ4n) is 9.51. The lowest BCUT2D eigenvalue weighted by Crippen LogP contribution is -2.60. The first-order valence-electron chi connectivity index (χ1n) is 17.8. The number of hydrogen-bond acceptors (Lipinski definition) is 11. The molecular formula is C35H60O12. The summed E-state index contributed by atoms with van der Waals surface area (Å²) in [6, 6.07) is 0. The highest BCUT2D eigenvalue weighted by atomic mass is 16.7. The van der Waals surface area contributed by atoms with Crippen molar-refractivity contribution in [1.82, 2.24) is 0 Å². The Morgan fingerprint density at radius 2 is 1.74 bits per heavy atom. The Morgan fingerprint density at radius 3 is 2.36 bits per heavy atom. The molecule has 5 aliphatic rings. The molecule has 272 valence electrons. The summed E-state index contributed by atoms with van der Waals surface area (Å²) in [5.41, 5.74) is -1.26. The van der Waals surface area contributed by atoms with Crippen molar-refractivity contribution in [3.05, 3.63) is 0 Å². The van der Waals surface area contributed by atoms with Crippen molar-refractivity contribution in [2.75, 3.05) is 13.7 Å². The van der Waals surface area contributed by atoms with Gasteiger partial charge in [-0.3, -0.25) is 4.79 Å². The van der Waals surface area contributed by atoms with E-state index in [1.165, 1.54) is 14.0 Å². The summed E-state index contributed by atoms with van der Waals surface area (Å²) in [5.74, 6) is -5.33. The summed E-state index contributed by atoms with van der Waals surface area (Å²) < 4.78 is 39.0. The highest BCUT2D eigenvalue weighted by molar-refractivity contribution is 5.70. The van der Waals surface area contributed by atoms with Crippen molar-refractivity contribution >= 4 is 5.97 Å². The summed E-state index contributed by atoms with van der Waals surface area (Å²) in [6.07, 6.45) is 0.412. The fourth-order valence-corrected chi connectivity index (χ4v) is 9.51. The third-order valence-electron chi connectivity index (χ3n) is 12.7. The maximum absolute atomic E-state index is 11.6. The lowest BCUT2D eigenvalue weighted by atomic mass is 9.80. The number of carbonyl (C=O) groups is 1. The van der Waals surface area contributed by atoms with E-state index >= 15 is 0 Å². The van der Waals surface area contributed by atoms with Crippen LogP contribution in [-0.2, 0) is 33.2 Å². The van der Waals surface area contributed by atoms with E-state index in [0.29, 0.717) is 12.8 Å². The topological polar surface area (TPSA) is 174 Å². The number of ether oxygens (including phenoxy) is 6. The maximum Gasteiger partial charge on any atom is 0.308 e. The van der Waals surface area contributed by atoms with Gasteiger partial charge < -0.3 is 54.0 Å². The van der Waals surface area contributed by atoms with Crippen LogP contribution in [-0.4, -0.2) is 117 Å². The second-order valence-corrected chi connectivity index (χ2v) is 15.9. The molecule has 0 aromatic carbocycles. The largest absolute Gasteiger partial charge is 0.481 e. The van der Waals surface area contributed by atoms with Crippen molar-refractivity contribution in [2.24, 2.45) is 29.6 Å². The standard InChI is InChI=1S/C35H60O12/c1-9-33(30-19(3)15-24(43-30)27-18(2)14-20(4)35(41,17-36)46-27)11-10-25(44-33)32(7)12-13-34(47-32)16-23(37)29(42-8)28(45-34)21(5)26(38)22(6)31(39)40/h18-30,36-38,41H,9-17H2,1-8H3,(H,39,40)/t18-,19-,20+,21-,22+,23-,24+,25+,26+,27-,28+,29+,30+,32-,33-,34+,35-/m1/s1. The molecule has 0 radical (unpaired) electrons. The van der Waals surface area contributed by atoms with Crippen molar-refractivity contribution in [3.8, 4) is 0 Å². The van der Waals surface area contributed by atoms with Crippen LogP contribution in [0, 0.1) is 29.6 Å². The van der Waals surface area contributed by atoms with Gasteiger partial charge in [0.2, 0.25) is 0 Å². The Labute approximate surface area is 279 Å². The van der Waals surface area contributed by atoms with E-state index in [0.717, 1.165) is 32.1 Å². The van der Waals surface area contributed by atoms with Crippen LogP contribution in [0.5, 0.6) is 0 Å². The Balaban J connectivity index is 1.29. The molecule has 0 aromatic heterocycles. The molecule has 5 N–H and O–H groups in total. The summed E-state index contributed by atoms with van der Waals surface area (Å²) in [5, 5.41) is 52.5. The van der Waals surface area contributed by atoms with Gasteiger partial charge in [-0.15, -0.1) is 0 Å². The number of aliphatic carboxylic acids is 1. The zero-order chi connectivity index (χ0) is 34.7. The third kappa shape index (κ3) is 6.66.